The van der Waals surface area contributed by atoms with Crippen LogP contribution in [0, 0.1) is 11.7 Å². The van der Waals surface area contributed by atoms with Gasteiger partial charge in [0.2, 0.25) is 0 Å². The lowest BCUT2D eigenvalue weighted by molar-refractivity contribution is 0.0658. The van der Waals surface area contributed by atoms with Crippen LogP contribution < -0.4 is 10.2 Å². The quantitative estimate of drug-likeness (QED) is 0.644. The zero-order chi connectivity index (χ0) is 24.2. The first-order valence-corrected chi connectivity index (χ1v) is 12.7. The second kappa shape index (κ2) is 10.3. The number of likely N-dealkylation sites (tertiary alicyclic amines) is 1. The summed E-state index contributed by atoms with van der Waals surface area (Å²) in [4.78, 5) is 24.2. The summed E-state index contributed by atoms with van der Waals surface area (Å²) in [5.41, 5.74) is 0.121. The van der Waals surface area contributed by atoms with Crippen LogP contribution in [0.2, 0.25) is 0 Å². The fourth-order valence-electron chi connectivity index (χ4n) is 3.65. The number of carbonyl (C=O) groups excluding carboxylic acids is 1. The largest absolute Gasteiger partial charge is 0.447 e. The molecule has 1 aromatic carbocycles. The molecule has 0 unspecified atom stereocenters. The van der Waals surface area contributed by atoms with Gasteiger partial charge in [-0.25, -0.2) is 27.6 Å². The lowest BCUT2D eigenvalue weighted by Gasteiger charge is -2.34. The minimum absolute atomic E-state index is 0.0859. The maximum absolute atomic E-state index is 14.4. The van der Waals surface area contributed by atoms with E-state index in [2.05, 4.69) is 15.3 Å². The molecule has 33 heavy (non-hydrogen) atoms. The summed E-state index contributed by atoms with van der Waals surface area (Å²) in [6.07, 6.45) is 3.76. The van der Waals surface area contributed by atoms with Crippen molar-refractivity contribution in [3.63, 3.8) is 0 Å². The van der Waals surface area contributed by atoms with Crippen molar-refractivity contribution in [3.8, 4) is 0 Å². The Morgan fingerprint density at radius 3 is 2.58 bits per heavy atom. The molecule has 2 aromatic rings. The smallest absolute Gasteiger partial charge is 0.410 e. The predicted octanol–water partition coefficient (Wildman–Crippen LogP) is 3.46. The highest BCUT2D eigenvalue weighted by Crippen LogP contribution is 2.25. The van der Waals surface area contributed by atoms with E-state index in [-0.39, 0.29) is 22.8 Å². The molecule has 0 spiro atoms. The van der Waals surface area contributed by atoms with Crippen LogP contribution in [0.5, 0.6) is 0 Å². The van der Waals surface area contributed by atoms with E-state index in [1.807, 2.05) is 25.8 Å². The lowest BCUT2D eigenvalue weighted by Crippen LogP contribution is -2.42. The Bertz CT molecular complexity index is 1090. The van der Waals surface area contributed by atoms with Crippen LogP contribution in [0.25, 0.3) is 0 Å². The highest BCUT2D eigenvalue weighted by molar-refractivity contribution is 7.90. The van der Waals surface area contributed by atoms with Crippen LogP contribution in [-0.4, -0.2) is 68.4 Å². The fraction of sp³-hybridized carbons (Fsp3) is 0.500. The second-order valence-electron chi connectivity index (χ2n) is 8.54. The molecule has 180 valence electrons. The van der Waals surface area contributed by atoms with E-state index in [1.54, 1.807) is 11.0 Å². The van der Waals surface area contributed by atoms with Crippen molar-refractivity contribution in [2.24, 2.45) is 5.92 Å². The average Bonchev–Trinajstić information content (AvgIpc) is 2.74. The minimum Gasteiger partial charge on any atom is -0.447 e. The van der Waals surface area contributed by atoms with Crippen LogP contribution in [-0.2, 0) is 14.6 Å². The third kappa shape index (κ3) is 6.77. The topological polar surface area (TPSA) is 105 Å². The number of ether oxygens (including phenoxy) is 1. The average molecular weight is 480 g/mol. The van der Waals surface area contributed by atoms with Crippen molar-refractivity contribution in [1.82, 2.24) is 14.9 Å². The van der Waals surface area contributed by atoms with Gasteiger partial charge in [0.1, 0.15) is 23.8 Å². The van der Waals surface area contributed by atoms with Gasteiger partial charge in [0, 0.05) is 39.0 Å². The summed E-state index contributed by atoms with van der Waals surface area (Å²) in [5.74, 6) is 0.770. The molecule has 1 saturated heterocycles. The molecule has 1 aromatic heterocycles. The van der Waals surface area contributed by atoms with Crippen LogP contribution in [0.4, 0.5) is 26.5 Å². The number of piperidine rings is 1. The van der Waals surface area contributed by atoms with Crippen molar-refractivity contribution in [3.05, 3.63) is 36.4 Å². The molecule has 2 heterocycles. The Balaban J connectivity index is 1.59. The van der Waals surface area contributed by atoms with Crippen LogP contribution >= 0.6 is 0 Å². The molecule has 9 nitrogen and oxygen atoms in total. The van der Waals surface area contributed by atoms with Gasteiger partial charge in [0.25, 0.3) is 0 Å². The van der Waals surface area contributed by atoms with Crippen molar-refractivity contribution in [2.45, 2.75) is 37.7 Å². The van der Waals surface area contributed by atoms with Gasteiger partial charge >= 0.3 is 6.09 Å². The third-order valence-corrected chi connectivity index (χ3v) is 6.53. The normalized spacial score (nSPS) is 14.9. The Morgan fingerprint density at radius 2 is 1.97 bits per heavy atom. The number of halogens is 1. The molecule has 3 rings (SSSR count). The molecule has 1 fully saturated rings. The van der Waals surface area contributed by atoms with Gasteiger partial charge in [-0.2, -0.15) is 0 Å². The number of carbonyl (C=O) groups is 1. The van der Waals surface area contributed by atoms with Crippen LogP contribution in [0.3, 0.4) is 0 Å². The number of aromatic nitrogens is 2. The maximum atomic E-state index is 14.4. The predicted molar refractivity (Wildman–Crippen MR) is 124 cm³/mol. The molecule has 1 aliphatic heterocycles. The highest BCUT2D eigenvalue weighted by Gasteiger charge is 2.25. The Kier molecular flexibility index (Phi) is 7.72. The number of nitrogens with zero attached hydrogens (tertiary/aromatic N) is 4. The third-order valence-electron chi connectivity index (χ3n) is 5.42. The summed E-state index contributed by atoms with van der Waals surface area (Å²) in [6, 6.07) is 5.40. The molecule has 0 atom stereocenters. The number of nitrogens with one attached hydrogen (secondary N) is 1. The number of hydrogen-bond donors (Lipinski definition) is 1. The molecular formula is C22H30FN5O4S. The molecule has 0 saturated carbocycles. The van der Waals surface area contributed by atoms with Gasteiger partial charge in [-0.1, -0.05) is 0 Å². The highest BCUT2D eigenvalue weighted by atomic mass is 32.2. The Hall–Kier alpha value is -2.95. The Morgan fingerprint density at radius 1 is 1.27 bits per heavy atom. The van der Waals surface area contributed by atoms with E-state index in [1.165, 1.54) is 18.5 Å². The van der Waals surface area contributed by atoms with Crippen LogP contribution in [0.1, 0.15) is 26.7 Å². The van der Waals surface area contributed by atoms with Gasteiger partial charge in [0.05, 0.1) is 16.7 Å². The molecule has 0 aliphatic carbocycles. The molecule has 1 aliphatic rings. The first-order valence-electron chi connectivity index (χ1n) is 10.8. The van der Waals surface area contributed by atoms with E-state index < -0.39 is 15.7 Å². The van der Waals surface area contributed by atoms with Crippen LogP contribution in [0.15, 0.2) is 35.5 Å². The number of hydrogen-bond acceptors (Lipinski definition) is 8. The summed E-state index contributed by atoms with van der Waals surface area (Å²) < 4.78 is 42.8. The number of amides is 1. The summed E-state index contributed by atoms with van der Waals surface area (Å²) in [5, 5.41) is 2.88. The van der Waals surface area contributed by atoms with Crippen molar-refractivity contribution < 1.29 is 22.3 Å². The van der Waals surface area contributed by atoms with Gasteiger partial charge < -0.3 is 19.9 Å². The molecular weight excluding hydrogens is 449 g/mol. The van der Waals surface area contributed by atoms with Gasteiger partial charge in [-0.05, 0) is 50.8 Å². The standard InChI is InChI=1S/C22H30FN5O4S/c1-15(2)32-22(29)28-9-7-16(8-10-28)13-27(3)21-12-20(24-14-25-21)26-19-6-5-17(11-18(19)23)33(4,30)31/h5-6,11-12,14-16H,7-10,13H2,1-4H3,(H,24,25,26). The SMILES string of the molecule is CC(C)OC(=O)N1CCC(CN(C)c2cc(Nc3ccc(S(C)(=O)=O)cc3F)ncn2)CC1. The monoisotopic (exact) mass is 479 g/mol. The number of rotatable bonds is 7. The number of benzene rings is 1. The molecule has 1 N–H and O–H groups in total. The van der Waals surface area contributed by atoms with E-state index >= 15 is 0 Å². The zero-order valence-electron chi connectivity index (χ0n) is 19.3. The molecule has 0 bridgehead atoms. The summed E-state index contributed by atoms with van der Waals surface area (Å²) >= 11 is 0. The lowest BCUT2D eigenvalue weighted by atomic mass is 9.96. The van der Waals surface area contributed by atoms with E-state index in [0.29, 0.717) is 30.6 Å². The first kappa shape index (κ1) is 24.7. The van der Waals surface area contributed by atoms with Crippen molar-refractivity contribution in [1.29, 1.82) is 0 Å². The number of anilines is 3. The second-order valence-corrected chi connectivity index (χ2v) is 10.6. The van der Waals surface area contributed by atoms with Gasteiger partial charge in [-0.3, -0.25) is 0 Å². The first-order chi connectivity index (χ1) is 15.5. The molecule has 1 amide bonds. The minimum atomic E-state index is -3.49. The van der Waals surface area contributed by atoms with Crippen molar-refractivity contribution in [2.75, 3.05) is 43.2 Å². The van der Waals surface area contributed by atoms with E-state index in [9.17, 15) is 17.6 Å². The molecule has 0 radical (unpaired) electrons. The molecule has 11 heteroatoms. The van der Waals surface area contributed by atoms with Gasteiger partial charge in [-0.15, -0.1) is 0 Å². The van der Waals surface area contributed by atoms with E-state index in [4.69, 9.17) is 4.74 Å². The zero-order valence-corrected chi connectivity index (χ0v) is 20.1. The van der Waals surface area contributed by atoms with Crippen molar-refractivity contribution >= 4 is 33.3 Å². The maximum Gasteiger partial charge on any atom is 0.410 e. The summed E-state index contributed by atoms with van der Waals surface area (Å²) in [6.45, 7) is 5.74. The fourth-order valence-corrected chi connectivity index (χ4v) is 4.28. The van der Waals surface area contributed by atoms with E-state index in [0.717, 1.165) is 31.7 Å². The Labute approximate surface area is 193 Å². The summed E-state index contributed by atoms with van der Waals surface area (Å²) in [7, 11) is -1.57. The number of sulfone groups is 1. The van der Waals surface area contributed by atoms with Gasteiger partial charge in [0.15, 0.2) is 9.84 Å².